The van der Waals surface area contributed by atoms with Gasteiger partial charge in [0.05, 0.1) is 6.54 Å². The van der Waals surface area contributed by atoms with Crippen molar-refractivity contribution >= 4 is 16.5 Å². The molecule has 3 aromatic rings. The molecule has 0 aliphatic carbocycles. The molecule has 0 spiro atoms. The summed E-state index contributed by atoms with van der Waals surface area (Å²) >= 11 is 1.74. The molecule has 0 bridgehead atoms. The molecular formula is C19H24N6S. The average molecular weight is 369 g/mol. The Hall–Kier alpha value is -2.28. The predicted molar refractivity (Wildman–Crippen MR) is 104 cm³/mol. The molecule has 0 radical (unpaired) electrons. The number of nitrogens with zero attached hydrogens (tertiary/aromatic N) is 6. The van der Waals surface area contributed by atoms with Crippen LogP contribution >= 0.6 is 11.3 Å². The molecule has 0 N–H and O–H groups in total. The largest absolute Gasteiger partial charge is 0.346 e. The van der Waals surface area contributed by atoms with Crippen molar-refractivity contribution in [1.29, 1.82) is 0 Å². The Morgan fingerprint density at radius 1 is 1.27 bits per heavy atom. The third-order valence-electron chi connectivity index (χ3n) is 4.80. The summed E-state index contributed by atoms with van der Waals surface area (Å²) in [6, 6.07) is 4.10. The number of anilines is 1. The van der Waals surface area contributed by atoms with E-state index < -0.39 is 0 Å². The molecule has 0 saturated carbocycles. The van der Waals surface area contributed by atoms with Gasteiger partial charge in [0, 0.05) is 50.2 Å². The number of hydrogen-bond donors (Lipinski definition) is 0. The van der Waals surface area contributed by atoms with E-state index in [1.54, 1.807) is 11.3 Å². The first-order valence-electron chi connectivity index (χ1n) is 9.30. The summed E-state index contributed by atoms with van der Waals surface area (Å²) in [7, 11) is 0. The van der Waals surface area contributed by atoms with Crippen LogP contribution in [0.5, 0.6) is 0 Å². The molecule has 1 aliphatic rings. The first-order chi connectivity index (χ1) is 12.8. The third-order valence-corrected chi connectivity index (χ3v) is 5.84. The summed E-state index contributed by atoms with van der Waals surface area (Å²) in [6.45, 7) is 5.02. The molecule has 1 atom stereocenters. The van der Waals surface area contributed by atoms with Gasteiger partial charge in [-0.1, -0.05) is 24.3 Å². The fourth-order valence-corrected chi connectivity index (χ4v) is 4.53. The Bertz CT molecular complexity index is 827. The molecule has 7 heteroatoms. The number of rotatable bonds is 6. The van der Waals surface area contributed by atoms with Crippen molar-refractivity contribution in [1.82, 2.24) is 24.7 Å². The molecule has 0 unspecified atom stereocenters. The molecule has 1 fully saturated rings. The van der Waals surface area contributed by atoms with Crippen LogP contribution in [-0.2, 0) is 13.0 Å². The molecular weight excluding hydrogens is 344 g/mol. The number of aromatic nitrogens is 5. The van der Waals surface area contributed by atoms with Crippen molar-refractivity contribution < 1.29 is 0 Å². The van der Waals surface area contributed by atoms with Gasteiger partial charge >= 0.3 is 0 Å². The molecule has 0 aromatic carbocycles. The molecule has 6 nitrogen and oxygen atoms in total. The van der Waals surface area contributed by atoms with E-state index in [9.17, 15) is 0 Å². The molecule has 136 valence electrons. The van der Waals surface area contributed by atoms with E-state index in [2.05, 4.69) is 48.8 Å². The summed E-state index contributed by atoms with van der Waals surface area (Å²) in [5.41, 5.74) is 1.20. The van der Waals surface area contributed by atoms with Gasteiger partial charge < -0.3 is 9.47 Å². The summed E-state index contributed by atoms with van der Waals surface area (Å²) in [5, 5.41) is 11.0. The van der Waals surface area contributed by atoms with Gasteiger partial charge in [-0.2, -0.15) is 0 Å². The van der Waals surface area contributed by atoms with E-state index in [1.165, 1.54) is 12.0 Å². The second-order valence-electron chi connectivity index (χ2n) is 6.79. The van der Waals surface area contributed by atoms with Gasteiger partial charge in [0.2, 0.25) is 5.13 Å². The maximum atomic E-state index is 4.68. The van der Waals surface area contributed by atoms with Gasteiger partial charge in [-0.3, -0.25) is 4.98 Å². The molecule has 1 saturated heterocycles. The molecule has 0 amide bonds. The number of pyridine rings is 1. The van der Waals surface area contributed by atoms with Crippen molar-refractivity contribution in [2.24, 2.45) is 0 Å². The van der Waals surface area contributed by atoms with Gasteiger partial charge in [0.15, 0.2) is 0 Å². The Morgan fingerprint density at radius 3 is 3.08 bits per heavy atom. The van der Waals surface area contributed by atoms with Crippen LogP contribution in [0.25, 0.3) is 0 Å². The first-order valence-corrected chi connectivity index (χ1v) is 10.1. The monoisotopic (exact) mass is 368 g/mol. The van der Waals surface area contributed by atoms with E-state index >= 15 is 0 Å². The highest BCUT2D eigenvalue weighted by Gasteiger charge is 2.26. The van der Waals surface area contributed by atoms with Gasteiger partial charge in [0.1, 0.15) is 10.8 Å². The van der Waals surface area contributed by atoms with Gasteiger partial charge in [0.25, 0.3) is 0 Å². The summed E-state index contributed by atoms with van der Waals surface area (Å²) in [4.78, 5) is 11.3. The van der Waals surface area contributed by atoms with Gasteiger partial charge in [-0.05, 0) is 30.9 Å². The Labute approximate surface area is 157 Å². The molecule has 1 aliphatic heterocycles. The molecule has 4 rings (SSSR count). The van der Waals surface area contributed by atoms with Crippen LogP contribution < -0.4 is 4.90 Å². The van der Waals surface area contributed by atoms with Crippen molar-refractivity contribution in [2.45, 2.75) is 45.1 Å². The van der Waals surface area contributed by atoms with E-state index in [1.807, 2.05) is 24.7 Å². The zero-order chi connectivity index (χ0) is 17.8. The molecule has 3 aromatic heterocycles. The maximum absolute atomic E-state index is 4.68. The van der Waals surface area contributed by atoms with Crippen LogP contribution in [-0.4, -0.2) is 37.8 Å². The van der Waals surface area contributed by atoms with Gasteiger partial charge in [-0.15, -0.1) is 10.2 Å². The van der Waals surface area contributed by atoms with Crippen molar-refractivity contribution in [3.63, 3.8) is 0 Å². The predicted octanol–water partition coefficient (Wildman–Crippen LogP) is 3.51. The summed E-state index contributed by atoms with van der Waals surface area (Å²) < 4.78 is 2.26. The second kappa shape index (κ2) is 7.95. The van der Waals surface area contributed by atoms with Gasteiger partial charge in [-0.25, -0.2) is 4.98 Å². The van der Waals surface area contributed by atoms with E-state index in [-0.39, 0.29) is 0 Å². The highest BCUT2D eigenvalue weighted by atomic mass is 32.1. The van der Waals surface area contributed by atoms with Crippen LogP contribution in [0.1, 0.15) is 48.5 Å². The standard InChI is InChI=1S/C19H24N6S/c1-2-5-17-22-23-19(26-17)25-10-4-7-16(14-25)18-21-9-11-24(18)13-15-6-3-8-20-12-15/h3,6,8-9,11-12,16H,2,4-5,7,10,13-14H2,1H3/t16-/m1/s1. The first kappa shape index (κ1) is 17.1. The topological polar surface area (TPSA) is 59.7 Å². The number of piperidine rings is 1. The average Bonchev–Trinajstić information content (AvgIpc) is 3.33. The van der Waals surface area contributed by atoms with E-state index in [0.29, 0.717) is 5.92 Å². The minimum atomic E-state index is 0.425. The highest BCUT2D eigenvalue weighted by molar-refractivity contribution is 7.15. The maximum Gasteiger partial charge on any atom is 0.208 e. The molecule has 4 heterocycles. The minimum absolute atomic E-state index is 0.425. The fraction of sp³-hybridized carbons (Fsp3) is 0.474. The lowest BCUT2D eigenvalue weighted by Gasteiger charge is -2.32. The van der Waals surface area contributed by atoms with Crippen LogP contribution in [0, 0.1) is 0 Å². The highest BCUT2D eigenvalue weighted by Crippen LogP contribution is 2.31. The van der Waals surface area contributed by atoms with Crippen LogP contribution in [0.2, 0.25) is 0 Å². The van der Waals surface area contributed by atoms with Crippen LogP contribution in [0.15, 0.2) is 36.9 Å². The SMILES string of the molecule is CCCc1nnc(N2CCC[C@@H](c3nccn3Cc3cccnc3)C2)s1. The Balaban J connectivity index is 1.49. The lowest BCUT2D eigenvalue weighted by molar-refractivity contribution is 0.475. The normalized spacial score (nSPS) is 17.6. The lowest BCUT2D eigenvalue weighted by atomic mass is 9.97. The van der Waals surface area contributed by atoms with Crippen LogP contribution in [0.3, 0.4) is 0 Å². The lowest BCUT2D eigenvalue weighted by Crippen LogP contribution is -2.35. The van der Waals surface area contributed by atoms with Crippen molar-refractivity contribution in [2.75, 3.05) is 18.0 Å². The zero-order valence-electron chi connectivity index (χ0n) is 15.1. The summed E-state index contributed by atoms with van der Waals surface area (Å²) in [6.07, 6.45) is 12.2. The third kappa shape index (κ3) is 3.77. The number of imidazole rings is 1. The van der Waals surface area contributed by atoms with E-state index in [0.717, 1.165) is 54.9 Å². The second-order valence-corrected chi connectivity index (χ2v) is 7.83. The number of aryl methyl sites for hydroxylation is 1. The molecule has 26 heavy (non-hydrogen) atoms. The zero-order valence-corrected chi connectivity index (χ0v) is 15.9. The minimum Gasteiger partial charge on any atom is -0.346 e. The summed E-state index contributed by atoms with van der Waals surface area (Å²) in [5.74, 6) is 1.59. The van der Waals surface area contributed by atoms with Crippen LogP contribution in [0.4, 0.5) is 5.13 Å². The quantitative estimate of drug-likeness (QED) is 0.666. The van der Waals surface area contributed by atoms with E-state index in [4.69, 9.17) is 0 Å². The fourth-order valence-electron chi connectivity index (χ4n) is 3.55. The Kier molecular flexibility index (Phi) is 5.24. The Morgan fingerprint density at radius 2 is 2.23 bits per heavy atom. The number of hydrogen-bond acceptors (Lipinski definition) is 6. The van der Waals surface area contributed by atoms with Crippen molar-refractivity contribution in [3.8, 4) is 0 Å². The van der Waals surface area contributed by atoms with Crippen molar-refractivity contribution in [3.05, 3.63) is 53.3 Å². The smallest absolute Gasteiger partial charge is 0.208 e.